The predicted molar refractivity (Wildman–Crippen MR) is 419 cm³/mol. The number of aromatic carboxylic acids is 1. The molecule has 0 aliphatic rings. The van der Waals surface area contributed by atoms with Gasteiger partial charge in [-0.3, -0.25) is 29.4 Å². The molecule has 0 spiro atoms. The summed E-state index contributed by atoms with van der Waals surface area (Å²) < 4.78 is 70.0. The summed E-state index contributed by atoms with van der Waals surface area (Å²) in [7, 11) is 25.9. The minimum Gasteiger partial charge on any atom is -0.478 e. The summed E-state index contributed by atoms with van der Waals surface area (Å²) in [5, 5.41) is 45.7. The predicted octanol–water partition coefficient (Wildman–Crippen LogP) is 8.68. The van der Waals surface area contributed by atoms with Crippen LogP contribution in [0, 0.1) is 26.0 Å². The molecule has 0 atom stereocenters. The van der Waals surface area contributed by atoms with Crippen LogP contribution in [0.1, 0.15) is 76.0 Å². The fourth-order valence-corrected chi connectivity index (χ4v) is 8.17. The average molecular weight is 2880 g/mol. The number of aliphatic hydroxyl groups excluding tert-OH is 1. The third-order valence-corrected chi connectivity index (χ3v) is 14.2. The van der Waals surface area contributed by atoms with Gasteiger partial charge in [0.25, 0.3) is 18.1 Å². The van der Waals surface area contributed by atoms with Gasteiger partial charge in [-0.05, 0) is 111 Å². The van der Waals surface area contributed by atoms with Crippen molar-refractivity contribution < 1.29 is 574 Å². The molecule has 10 aromatic rings. The molecule has 11 N–H and O–H groups in total. The number of aliphatic hydroxyl groups is 1. The summed E-state index contributed by atoms with van der Waals surface area (Å²) in [6, 6.07) is 26.9. The Kier molecular flexibility index (Phi) is 181. The molecular formula is C73H97FN16O24V25. The fraction of sp³-hybridized carbons (Fsp3) is 0.301. The number of carbonyl (C=O) groups excluding carboxylic acids is 6. The van der Waals surface area contributed by atoms with Crippen LogP contribution in [0.5, 0.6) is 0 Å². The monoisotopic (exact) mass is 2870 g/mol. The number of anilines is 5. The van der Waals surface area contributed by atoms with E-state index < -0.39 is 51.7 Å². The number of ether oxygens (including phenoxy) is 11. The van der Waals surface area contributed by atoms with E-state index in [9.17, 15) is 58.2 Å². The van der Waals surface area contributed by atoms with E-state index in [2.05, 4.69) is 79.5 Å². The third kappa shape index (κ3) is 78.9. The number of nitrogen functional groups attached to an aromatic ring is 2. The molecule has 4 aromatic heterocycles. The maximum atomic E-state index is 12.8. The summed E-state index contributed by atoms with van der Waals surface area (Å²) in [4.78, 5) is 113. The largest absolute Gasteiger partial charge is 0.478 e. The number of carboxylic acid groups (broad SMARTS) is 1. The van der Waals surface area contributed by atoms with Gasteiger partial charge in [-0.2, -0.15) is 4.39 Å². The molecule has 745 valence electrons. The molecule has 0 fully saturated rings. The van der Waals surface area contributed by atoms with Gasteiger partial charge >= 0.3 is 47.5 Å². The van der Waals surface area contributed by atoms with Gasteiger partial charge in [-0.1, -0.05) is 0 Å². The molecule has 10 rings (SSSR count). The number of nitrogens with one attached hydrogen (secondary N) is 3. The van der Waals surface area contributed by atoms with Gasteiger partial charge < -0.3 is 105 Å². The SMILES string of the molecule is CCO.CN.CNc1ccc(C(=O)OC)cc1N.CNc1ccc(C(=O)OC)cc1N.CNc1ccc(C(=O)OC)cc1[N+](=O)[O-].COC(=O)c1ccc(F)c([N+](=O)[O-])c1.COC(=O)c1ccc2c(c1)ncn2C.COC(C)(OC)OC.COC(OC)OC.Cn1cnc2cc(C(=O)O)ccc21.O=C(n1ccnc1)n1ccnc1.[V].[V].[V].[V].[V].[V].[V].[V].[V].[V].[V].[V].[V].[V].[V].[V].[V].[V].[V].[V].[V].[V].[V].[V].[V]. The van der Waals surface area contributed by atoms with E-state index in [1.165, 1.54) is 118 Å². The topological polar surface area (TPSA) is 533 Å². The number of fused-ring (bicyclic) bond motifs is 2. The van der Waals surface area contributed by atoms with Crippen LogP contribution < -0.4 is 33.2 Å². The molecule has 0 amide bonds. The molecule has 4 heterocycles. The number of hydrogen-bond acceptors (Lipinski definition) is 33. The average Bonchev–Trinajstić information content (AvgIpc) is 1.63. The number of aromatic nitrogens is 8. The zero-order valence-corrected chi connectivity index (χ0v) is 112. The van der Waals surface area contributed by atoms with Crippen molar-refractivity contribution >= 4 is 104 Å². The summed E-state index contributed by atoms with van der Waals surface area (Å²) in [5.41, 5.74) is 23.2. The molecule has 0 saturated carbocycles. The number of halogens is 1. The Morgan fingerprint density at radius 1 is 0.417 bits per heavy atom. The van der Waals surface area contributed by atoms with Gasteiger partial charge in [-0.15, -0.1) is 0 Å². The van der Waals surface area contributed by atoms with Crippen LogP contribution in [0.4, 0.5) is 49.0 Å². The summed E-state index contributed by atoms with van der Waals surface area (Å²) in [6.07, 6.45) is 12.5. The minimum atomic E-state index is -0.984. The molecule has 0 aliphatic carbocycles. The van der Waals surface area contributed by atoms with Crippen LogP contribution in [0.25, 0.3) is 22.1 Å². The summed E-state index contributed by atoms with van der Waals surface area (Å²) >= 11 is 0. The Morgan fingerprint density at radius 3 is 0.899 bits per heavy atom. The zero-order chi connectivity index (χ0) is 86.8. The molecule has 0 bridgehead atoms. The quantitative estimate of drug-likeness (QED) is 0.0105. The number of benzene rings is 6. The Hall–Kier alpha value is 1.19. The van der Waals surface area contributed by atoms with E-state index >= 15 is 0 Å². The Morgan fingerprint density at radius 2 is 0.669 bits per heavy atom. The van der Waals surface area contributed by atoms with Gasteiger partial charge in [-0.25, -0.2) is 53.5 Å². The van der Waals surface area contributed by atoms with Crippen LogP contribution >= 0.6 is 0 Å². The van der Waals surface area contributed by atoms with Crippen molar-refractivity contribution in [2.24, 2.45) is 19.8 Å². The standard InChI is InChI=1S/C10H10N2O2.C9H10N2O4.C9H8N2O2.2C9H12N2O2.C8H6FNO4.C7H6N4O.C5H12O3.C4H10O3.C2H6O.CH5N.25V/c1-12-6-11-8-5-7(10(13)14-2)3-4-9(8)12;1-10-7-4-3-6(9(12)15-2)5-8(7)11(13)14;1-11-5-10-7-4-6(9(12)13)2-3-8(7)11;2*1-11-8-4-3-6(5-7(8)10)9(12)13-2;1-14-8(11)5-2-3-6(9)7(4-5)10(12)13;12-7(10-3-1-8-5-10)11-4-2-9-6-11;1-5(6-2,7-3)8-4;1-5-4(6-2)7-3;1-2-3;1-2;;;;;;;;;;;;;;;;;;;;;;;;;/h3-6H,1-2H3;3-5,10H,1-2H3;2-5H,1H3,(H,12,13);2*3-5,11H,10H2,1-2H3;2-4H,1H3;1-6H;1-4H3;4H,1-3H3;3H,2H2,1H3;2H2,1H3;;;;;;;;;;;;;;;;;;;;;;;;;. The van der Waals surface area contributed by atoms with Gasteiger partial charge in [0.15, 0.2) is 0 Å². The van der Waals surface area contributed by atoms with Crippen molar-refractivity contribution in [2.75, 3.05) is 140 Å². The Balaban J connectivity index is -0.0000000421. The van der Waals surface area contributed by atoms with Crippen LogP contribution in [0.2, 0.25) is 0 Å². The molecule has 66 heteroatoms. The van der Waals surface area contributed by atoms with Gasteiger partial charge in [0.1, 0.15) is 18.3 Å². The van der Waals surface area contributed by atoms with Crippen molar-refractivity contribution in [3.63, 3.8) is 0 Å². The Bertz CT molecular complexity index is 4590. The maximum absolute atomic E-state index is 12.8. The van der Waals surface area contributed by atoms with E-state index in [4.69, 9.17) is 35.9 Å². The van der Waals surface area contributed by atoms with Crippen molar-refractivity contribution in [3.05, 3.63) is 219 Å². The second kappa shape index (κ2) is 121. The van der Waals surface area contributed by atoms with Crippen LogP contribution in [-0.4, -0.2) is 226 Å². The number of nitrogens with two attached hydrogens (primary N) is 3. The zero-order valence-electron chi connectivity index (χ0n) is 77.4. The molecule has 0 aliphatic heterocycles. The van der Waals surface area contributed by atoms with Gasteiger partial charge in [0.2, 0.25) is 5.82 Å². The first-order valence-electron chi connectivity index (χ1n) is 32.7. The molecule has 25 radical (unpaired) electrons. The van der Waals surface area contributed by atoms with E-state index in [1.807, 2.05) is 29.3 Å². The van der Waals surface area contributed by atoms with E-state index in [-0.39, 0.29) is 517 Å². The third-order valence-electron chi connectivity index (χ3n) is 14.2. The number of carboxylic acids is 1. The van der Waals surface area contributed by atoms with Crippen molar-refractivity contribution in [1.29, 1.82) is 0 Å². The van der Waals surface area contributed by atoms with Crippen LogP contribution in [0.15, 0.2) is 159 Å². The van der Waals surface area contributed by atoms with Crippen molar-refractivity contribution in [3.8, 4) is 0 Å². The second-order valence-electron chi connectivity index (χ2n) is 21.2. The molecular weight excluding hydrogens is 2780 g/mol. The molecule has 40 nitrogen and oxygen atoms in total. The molecule has 0 saturated heterocycles. The number of nitro benzene ring substituents is 2. The van der Waals surface area contributed by atoms with Gasteiger partial charge in [0, 0.05) is 592 Å². The van der Waals surface area contributed by atoms with E-state index in [1.54, 1.807) is 139 Å². The first-order chi connectivity index (χ1) is 54.2. The maximum Gasteiger partial charge on any atom is 0.338 e. The number of nitro groups is 2. The Labute approximate surface area is 1100 Å². The number of hydrogen-bond donors (Lipinski definition) is 8. The number of rotatable bonds is 17. The number of carbonyl (C=O) groups is 7. The molecule has 6 aromatic carbocycles. The van der Waals surface area contributed by atoms with Crippen molar-refractivity contribution in [2.45, 2.75) is 26.3 Å². The van der Waals surface area contributed by atoms with Gasteiger partial charge in [0.05, 0.1) is 136 Å². The number of esters is 5. The first-order valence-corrected chi connectivity index (χ1v) is 32.7. The van der Waals surface area contributed by atoms with E-state index in [0.717, 1.165) is 53.2 Å². The number of imidazole rings is 4. The van der Waals surface area contributed by atoms with Crippen molar-refractivity contribution in [1.82, 2.24) is 38.2 Å². The van der Waals surface area contributed by atoms with Crippen LogP contribution in [-0.2, 0) is 530 Å². The molecule has 0 unspecified atom stereocenters. The summed E-state index contributed by atoms with van der Waals surface area (Å²) in [6.45, 7) is 3.10. The molecule has 139 heavy (non-hydrogen) atoms. The fourth-order valence-electron chi connectivity index (χ4n) is 8.17. The van der Waals surface area contributed by atoms with E-state index in [0.29, 0.717) is 39.3 Å². The number of aryl methyl sites for hydroxylation is 2. The smallest absolute Gasteiger partial charge is 0.338 e. The number of methoxy groups -OCH3 is 11. The van der Waals surface area contributed by atoms with Crippen LogP contribution in [0.3, 0.4) is 0 Å². The number of nitrogens with zero attached hydrogens (tertiary/aromatic N) is 10. The first kappa shape index (κ1) is 208. The summed E-state index contributed by atoms with van der Waals surface area (Å²) in [5.74, 6) is -5.22. The minimum absolute atomic E-state index is 0. The second-order valence-corrected chi connectivity index (χ2v) is 21.2. The normalized spacial score (nSPS) is 8.02.